The lowest BCUT2D eigenvalue weighted by Gasteiger charge is -2.41. The average molecular weight is 355 g/mol. The normalized spacial score (nSPS) is 28.6. The molecule has 0 radical (unpaired) electrons. The fraction of sp³-hybridized carbons (Fsp3) is 0.611. The predicted molar refractivity (Wildman–Crippen MR) is 95.1 cm³/mol. The third-order valence-corrected chi connectivity index (χ3v) is 6.04. The van der Waals surface area contributed by atoms with Crippen LogP contribution in [0.4, 0.5) is 0 Å². The summed E-state index contributed by atoms with van der Waals surface area (Å²) in [7, 11) is 2.11. The smallest absolute Gasteiger partial charge is 0.227 e. The van der Waals surface area contributed by atoms with Gasteiger partial charge in [0.2, 0.25) is 5.91 Å². The molecule has 0 aromatic heterocycles. The van der Waals surface area contributed by atoms with Gasteiger partial charge in [-0.25, -0.2) is 0 Å². The molecule has 0 bridgehead atoms. The highest BCUT2D eigenvalue weighted by molar-refractivity contribution is 6.35. The summed E-state index contributed by atoms with van der Waals surface area (Å²) in [4.78, 5) is 17.3. The van der Waals surface area contributed by atoms with Gasteiger partial charge in [-0.15, -0.1) is 0 Å². The average Bonchev–Trinajstić information content (AvgIpc) is 2.49. The fourth-order valence-corrected chi connectivity index (χ4v) is 4.62. The monoisotopic (exact) mass is 354 g/mol. The van der Waals surface area contributed by atoms with Crippen LogP contribution in [0.3, 0.4) is 0 Å². The lowest BCUT2D eigenvalue weighted by atomic mass is 9.89. The highest BCUT2D eigenvalue weighted by atomic mass is 35.5. The zero-order chi connectivity index (χ0) is 16.7. The summed E-state index contributed by atoms with van der Waals surface area (Å²) in [6, 6.07) is 4.34. The topological polar surface area (TPSA) is 23.6 Å². The molecule has 0 saturated carbocycles. The Balaban J connectivity index is 1.81. The number of nitrogens with zero attached hydrogens (tertiary/aromatic N) is 2. The molecular weight excluding hydrogens is 331 g/mol. The molecule has 2 heterocycles. The van der Waals surface area contributed by atoms with Crippen molar-refractivity contribution in [2.24, 2.45) is 5.92 Å². The van der Waals surface area contributed by atoms with Crippen molar-refractivity contribution in [3.63, 3.8) is 0 Å². The maximum atomic E-state index is 13.0. The van der Waals surface area contributed by atoms with Gasteiger partial charge in [-0.1, -0.05) is 23.2 Å². The van der Waals surface area contributed by atoms with Gasteiger partial charge in [0.05, 0.1) is 12.0 Å². The predicted octanol–water partition coefficient (Wildman–Crippen LogP) is 4.17. The van der Waals surface area contributed by atoms with Crippen LogP contribution in [0.2, 0.25) is 10.0 Å². The van der Waals surface area contributed by atoms with Crippen molar-refractivity contribution in [1.29, 1.82) is 0 Å². The molecule has 23 heavy (non-hydrogen) atoms. The van der Waals surface area contributed by atoms with Gasteiger partial charge in [-0.3, -0.25) is 4.79 Å². The fourth-order valence-electron chi connectivity index (χ4n) is 3.92. The summed E-state index contributed by atoms with van der Waals surface area (Å²) in [6.45, 7) is 5.90. The van der Waals surface area contributed by atoms with Crippen LogP contribution >= 0.6 is 23.2 Å². The number of likely N-dealkylation sites (tertiary alicyclic amines) is 1. The molecule has 1 amide bonds. The van der Waals surface area contributed by atoms with Gasteiger partial charge < -0.3 is 9.80 Å². The lowest BCUT2D eigenvalue weighted by molar-refractivity contribution is -0.140. The summed E-state index contributed by atoms with van der Waals surface area (Å²) in [5, 5.41) is 1.34. The van der Waals surface area contributed by atoms with Crippen LogP contribution in [0, 0.1) is 5.92 Å². The standard InChI is InChI=1S/C18H24Cl2N2O/c1-11-4-5-14(10-21(11)3)18(23)22-7-6-13-8-15(19)9-16(20)17(13)12(22)2/h8-9,11-12,14H,4-7,10H2,1-3H3/t11?,12-,14?/m0/s1. The number of carbonyl (C=O) groups excluding carboxylic acids is 1. The van der Waals surface area contributed by atoms with Crippen LogP contribution in [0.5, 0.6) is 0 Å². The molecule has 3 atom stereocenters. The maximum absolute atomic E-state index is 13.0. The first-order valence-corrected chi connectivity index (χ1v) is 9.12. The molecule has 126 valence electrons. The van der Waals surface area contributed by atoms with E-state index < -0.39 is 0 Å². The summed E-state index contributed by atoms with van der Waals surface area (Å²) in [5.41, 5.74) is 2.24. The maximum Gasteiger partial charge on any atom is 0.227 e. The van der Waals surface area contributed by atoms with Crippen molar-refractivity contribution >= 4 is 29.1 Å². The number of halogens is 2. The van der Waals surface area contributed by atoms with Gasteiger partial charge in [0.1, 0.15) is 0 Å². The van der Waals surface area contributed by atoms with E-state index >= 15 is 0 Å². The minimum Gasteiger partial charge on any atom is -0.335 e. The Hall–Kier alpha value is -0.770. The van der Waals surface area contributed by atoms with Gasteiger partial charge in [0.15, 0.2) is 0 Å². The van der Waals surface area contributed by atoms with E-state index in [4.69, 9.17) is 23.2 Å². The molecule has 3 rings (SSSR count). The molecule has 2 unspecified atom stereocenters. The van der Waals surface area contributed by atoms with Crippen molar-refractivity contribution in [3.05, 3.63) is 33.3 Å². The van der Waals surface area contributed by atoms with Gasteiger partial charge in [-0.2, -0.15) is 0 Å². The Bertz CT molecular complexity index is 619. The van der Waals surface area contributed by atoms with E-state index in [0.29, 0.717) is 16.1 Å². The summed E-state index contributed by atoms with van der Waals surface area (Å²) in [5.74, 6) is 0.374. The van der Waals surface area contributed by atoms with E-state index in [1.165, 1.54) is 5.56 Å². The number of rotatable bonds is 1. The van der Waals surface area contributed by atoms with E-state index in [2.05, 4.69) is 25.8 Å². The third kappa shape index (κ3) is 3.24. The molecular formula is C18H24Cl2N2O. The van der Waals surface area contributed by atoms with E-state index in [1.54, 1.807) is 6.07 Å². The van der Waals surface area contributed by atoms with Gasteiger partial charge in [0.25, 0.3) is 0 Å². The Morgan fingerprint density at radius 3 is 2.65 bits per heavy atom. The van der Waals surface area contributed by atoms with Crippen LogP contribution in [-0.4, -0.2) is 41.9 Å². The van der Waals surface area contributed by atoms with Crippen molar-refractivity contribution in [2.75, 3.05) is 20.1 Å². The second-order valence-electron chi connectivity index (χ2n) is 6.98. The SMILES string of the molecule is CC1CCC(C(=O)N2CCc3cc(Cl)cc(Cl)c3[C@@H]2C)CN1C. The van der Waals surface area contributed by atoms with Crippen molar-refractivity contribution in [3.8, 4) is 0 Å². The second-order valence-corrected chi connectivity index (χ2v) is 7.82. The number of fused-ring (bicyclic) bond motifs is 1. The number of piperidine rings is 1. The quantitative estimate of drug-likeness (QED) is 0.755. The Morgan fingerprint density at radius 2 is 1.96 bits per heavy atom. The van der Waals surface area contributed by atoms with Crippen LogP contribution in [-0.2, 0) is 11.2 Å². The van der Waals surface area contributed by atoms with E-state index in [0.717, 1.165) is 37.9 Å². The highest BCUT2D eigenvalue weighted by Crippen LogP contribution is 2.38. The molecule has 2 aliphatic rings. The zero-order valence-corrected chi connectivity index (χ0v) is 15.5. The van der Waals surface area contributed by atoms with E-state index in [-0.39, 0.29) is 17.9 Å². The summed E-state index contributed by atoms with van der Waals surface area (Å²) in [6.07, 6.45) is 2.89. The second kappa shape index (κ2) is 6.62. The Labute approximate surface area is 148 Å². The molecule has 1 aromatic rings. The molecule has 1 saturated heterocycles. The number of carbonyl (C=O) groups is 1. The third-order valence-electron chi connectivity index (χ3n) is 5.51. The number of hydrogen-bond acceptors (Lipinski definition) is 2. The Kier molecular flexibility index (Phi) is 4.91. The molecule has 0 N–H and O–H groups in total. The first kappa shape index (κ1) is 17.1. The Morgan fingerprint density at radius 1 is 1.22 bits per heavy atom. The number of amides is 1. The minimum atomic E-state index is 0.0145. The van der Waals surface area contributed by atoms with Crippen LogP contribution in [0.25, 0.3) is 0 Å². The van der Waals surface area contributed by atoms with Gasteiger partial charge in [0, 0.05) is 29.2 Å². The van der Waals surface area contributed by atoms with E-state index in [9.17, 15) is 4.79 Å². The molecule has 5 heteroatoms. The first-order valence-electron chi connectivity index (χ1n) is 8.37. The van der Waals surface area contributed by atoms with Crippen molar-refractivity contribution < 1.29 is 4.79 Å². The highest BCUT2D eigenvalue weighted by Gasteiger charge is 2.35. The van der Waals surface area contributed by atoms with Crippen LogP contribution in [0.1, 0.15) is 43.9 Å². The first-order chi connectivity index (χ1) is 10.9. The van der Waals surface area contributed by atoms with Gasteiger partial charge in [-0.05, 0) is 63.4 Å². The molecule has 3 nitrogen and oxygen atoms in total. The largest absolute Gasteiger partial charge is 0.335 e. The zero-order valence-electron chi connectivity index (χ0n) is 14.0. The number of benzene rings is 1. The van der Waals surface area contributed by atoms with Crippen LogP contribution in [0.15, 0.2) is 12.1 Å². The molecule has 1 fully saturated rings. The summed E-state index contributed by atoms with van der Waals surface area (Å²) < 4.78 is 0. The minimum absolute atomic E-state index is 0.0145. The molecule has 0 aliphatic carbocycles. The van der Waals surface area contributed by atoms with Crippen molar-refractivity contribution in [2.45, 2.75) is 45.2 Å². The van der Waals surface area contributed by atoms with Crippen molar-refractivity contribution in [1.82, 2.24) is 9.80 Å². The lowest BCUT2D eigenvalue weighted by Crippen LogP contribution is -2.48. The number of hydrogen-bond donors (Lipinski definition) is 0. The van der Waals surface area contributed by atoms with Gasteiger partial charge >= 0.3 is 0 Å². The molecule has 2 aliphatic heterocycles. The van der Waals surface area contributed by atoms with E-state index in [1.807, 2.05) is 11.0 Å². The molecule has 0 spiro atoms. The summed E-state index contributed by atoms with van der Waals surface area (Å²) >= 11 is 12.5. The van der Waals surface area contributed by atoms with Crippen LogP contribution < -0.4 is 0 Å². The molecule has 1 aromatic carbocycles.